The van der Waals surface area contributed by atoms with E-state index in [1.807, 2.05) is 24.3 Å². The number of benzene rings is 2. The van der Waals surface area contributed by atoms with Gasteiger partial charge in [0, 0.05) is 12.5 Å². The van der Waals surface area contributed by atoms with Crippen molar-refractivity contribution in [3.8, 4) is 11.5 Å². The second-order valence-electron chi connectivity index (χ2n) is 7.26. The van der Waals surface area contributed by atoms with E-state index in [2.05, 4.69) is 16.8 Å². The van der Waals surface area contributed by atoms with Gasteiger partial charge in [0.2, 0.25) is 0 Å². The molecule has 0 amide bonds. The van der Waals surface area contributed by atoms with Crippen molar-refractivity contribution in [3.63, 3.8) is 0 Å². The van der Waals surface area contributed by atoms with Gasteiger partial charge in [0.15, 0.2) is 6.29 Å². The summed E-state index contributed by atoms with van der Waals surface area (Å²) in [6, 6.07) is 11.8. The summed E-state index contributed by atoms with van der Waals surface area (Å²) in [5.41, 5.74) is 1.33. The topological polar surface area (TPSA) is 116 Å². The molecule has 1 fully saturated rings. The fraction of sp³-hybridized carbons (Fsp3) is 0.280. The van der Waals surface area contributed by atoms with Gasteiger partial charge in [0.1, 0.15) is 30.3 Å². The second kappa shape index (κ2) is 12.9. The molecule has 0 spiro atoms. The molecule has 0 aliphatic carbocycles. The maximum Gasteiger partial charge on any atom is 0.342 e. The molecule has 34 heavy (non-hydrogen) atoms. The molecule has 9 heteroatoms. The van der Waals surface area contributed by atoms with E-state index in [4.69, 9.17) is 18.9 Å². The Morgan fingerprint density at radius 2 is 1.74 bits per heavy atom. The van der Waals surface area contributed by atoms with Crippen LogP contribution in [0.15, 0.2) is 65.3 Å². The van der Waals surface area contributed by atoms with E-state index in [1.54, 1.807) is 12.3 Å². The Bertz CT molecular complexity index is 1040. The lowest BCUT2D eigenvalue weighted by molar-refractivity contribution is -0.138. The van der Waals surface area contributed by atoms with Gasteiger partial charge in [-0.15, -0.1) is 0 Å². The number of phenolic OH excluding ortho intramolecular Hbond substituents is 1. The second-order valence-corrected chi connectivity index (χ2v) is 7.26. The minimum atomic E-state index is -0.758. The van der Waals surface area contributed by atoms with Crippen LogP contribution in [0.5, 0.6) is 11.5 Å². The number of nitrogens with zero attached hydrogens (tertiary/aromatic N) is 2. The van der Waals surface area contributed by atoms with E-state index in [0.717, 1.165) is 43.3 Å². The van der Waals surface area contributed by atoms with Crippen LogP contribution in [0, 0.1) is 0 Å². The van der Waals surface area contributed by atoms with Gasteiger partial charge in [-0.1, -0.05) is 6.58 Å². The Labute approximate surface area is 197 Å². The van der Waals surface area contributed by atoms with Crippen LogP contribution in [0.4, 0.5) is 0 Å². The van der Waals surface area contributed by atoms with Gasteiger partial charge >= 0.3 is 11.9 Å². The highest BCUT2D eigenvalue weighted by Crippen LogP contribution is 2.20. The zero-order chi connectivity index (χ0) is 24.2. The number of rotatable bonds is 10. The summed E-state index contributed by atoms with van der Waals surface area (Å²) in [7, 11) is 0. The third-order valence-corrected chi connectivity index (χ3v) is 4.73. The van der Waals surface area contributed by atoms with Gasteiger partial charge in [0.25, 0.3) is 0 Å². The molecule has 2 aromatic carbocycles. The predicted octanol–water partition coefficient (Wildman–Crippen LogP) is 3.64. The average Bonchev–Trinajstić information content (AvgIpc) is 2.86. The van der Waals surface area contributed by atoms with E-state index >= 15 is 0 Å². The summed E-state index contributed by atoms with van der Waals surface area (Å²) < 4.78 is 21.1. The highest BCUT2D eigenvalue weighted by atomic mass is 16.7. The van der Waals surface area contributed by atoms with E-state index in [9.17, 15) is 14.7 Å². The van der Waals surface area contributed by atoms with Crippen molar-refractivity contribution >= 4 is 24.4 Å². The molecule has 1 aliphatic rings. The van der Waals surface area contributed by atoms with Gasteiger partial charge in [-0.3, -0.25) is 0 Å². The number of ether oxygens (including phenoxy) is 4. The van der Waals surface area contributed by atoms with E-state index in [1.165, 1.54) is 18.3 Å². The third kappa shape index (κ3) is 7.86. The quantitative estimate of drug-likeness (QED) is 0.187. The molecule has 0 radical (unpaired) electrons. The number of hydrogen-bond donors (Lipinski definition) is 1. The molecule has 0 bridgehead atoms. The van der Waals surface area contributed by atoms with Gasteiger partial charge < -0.3 is 24.1 Å². The SMILES string of the molecule is C=CC(=O)OCCOC(=O)c1cc(C=NN=Cc2ccc(OC3CCCCO3)cc2)ccc1O. The Hall–Kier alpha value is -3.98. The van der Waals surface area contributed by atoms with Crippen LogP contribution in [-0.4, -0.2) is 55.6 Å². The third-order valence-electron chi connectivity index (χ3n) is 4.73. The van der Waals surface area contributed by atoms with Crippen LogP contribution in [0.25, 0.3) is 0 Å². The maximum absolute atomic E-state index is 12.2. The molecule has 1 aliphatic heterocycles. The van der Waals surface area contributed by atoms with Crippen LogP contribution in [0.3, 0.4) is 0 Å². The zero-order valence-electron chi connectivity index (χ0n) is 18.6. The van der Waals surface area contributed by atoms with Crippen molar-refractivity contribution in [2.75, 3.05) is 19.8 Å². The number of carbonyl (C=O) groups excluding carboxylic acids is 2. The van der Waals surface area contributed by atoms with Crippen LogP contribution in [-0.2, 0) is 19.0 Å². The Balaban J connectivity index is 1.51. The Morgan fingerprint density at radius 1 is 1.03 bits per heavy atom. The predicted molar refractivity (Wildman–Crippen MR) is 125 cm³/mol. The highest BCUT2D eigenvalue weighted by molar-refractivity contribution is 5.95. The van der Waals surface area contributed by atoms with Crippen LogP contribution in [0.1, 0.15) is 40.7 Å². The fourth-order valence-corrected chi connectivity index (χ4v) is 3.00. The van der Waals surface area contributed by atoms with E-state index < -0.39 is 11.9 Å². The van der Waals surface area contributed by atoms with Crippen LogP contribution >= 0.6 is 0 Å². The smallest absolute Gasteiger partial charge is 0.342 e. The molecule has 3 rings (SSSR count). The lowest BCUT2D eigenvalue weighted by Crippen LogP contribution is -2.24. The molecule has 1 unspecified atom stereocenters. The van der Waals surface area contributed by atoms with Gasteiger partial charge in [-0.25, -0.2) is 9.59 Å². The number of hydrogen-bond acceptors (Lipinski definition) is 9. The molecule has 2 aromatic rings. The van der Waals surface area contributed by atoms with Crippen molar-refractivity contribution in [3.05, 3.63) is 71.8 Å². The molecule has 9 nitrogen and oxygen atoms in total. The first-order chi connectivity index (χ1) is 16.5. The average molecular weight is 466 g/mol. The molecule has 1 atom stereocenters. The summed E-state index contributed by atoms with van der Waals surface area (Å²) in [6.07, 6.45) is 6.90. The lowest BCUT2D eigenvalue weighted by Gasteiger charge is -2.23. The molecule has 178 valence electrons. The van der Waals surface area contributed by atoms with Crippen molar-refractivity contribution in [1.29, 1.82) is 0 Å². The van der Waals surface area contributed by atoms with Gasteiger partial charge in [-0.2, -0.15) is 10.2 Å². The molecule has 0 aromatic heterocycles. The first kappa shape index (κ1) is 24.7. The zero-order valence-corrected chi connectivity index (χ0v) is 18.6. The van der Waals surface area contributed by atoms with Gasteiger partial charge in [-0.05, 0) is 66.4 Å². The Morgan fingerprint density at radius 3 is 2.44 bits per heavy atom. The van der Waals surface area contributed by atoms with Crippen LogP contribution in [0.2, 0.25) is 0 Å². The van der Waals surface area contributed by atoms with Crippen molar-refractivity contribution in [1.82, 2.24) is 0 Å². The fourth-order valence-electron chi connectivity index (χ4n) is 3.00. The Kier molecular flexibility index (Phi) is 9.36. The van der Waals surface area contributed by atoms with Crippen molar-refractivity contribution < 1.29 is 33.6 Å². The largest absolute Gasteiger partial charge is 0.507 e. The first-order valence-electron chi connectivity index (χ1n) is 10.8. The van der Waals surface area contributed by atoms with E-state index in [0.29, 0.717) is 5.56 Å². The molecular weight excluding hydrogens is 440 g/mol. The molecule has 1 heterocycles. The van der Waals surface area contributed by atoms with Crippen molar-refractivity contribution in [2.45, 2.75) is 25.6 Å². The summed E-state index contributed by atoms with van der Waals surface area (Å²) in [4.78, 5) is 23.1. The monoisotopic (exact) mass is 466 g/mol. The normalized spacial score (nSPS) is 15.8. The summed E-state index contributed by atoms with van der Waals surface area (Å²) in [6.45, 7) is 3.72. The number of esters is 2. The first-order valence-corrected chi connectivity index (χ1v) is 10.8. The molecule has 1 saturated heterocycles. The van der Waals surface area contributed by atoms with E-state index in [-0.39, 0.29) is 30.8 Å². The minimum absolute atomic E-state index is 0.0412. The van der Waals surface area contributed by atoms with Crippen LogP contribution < -0.4 is 4.74 Å². The summed E-state index contributed by atoms with van der Waals surface area (Å²) >= 11 is 0. The number of aromatic hydroxyl groups is 1. The number of carbonyl (C=O) groups is 2. The molecule has 0 saturated carbocycles. The standard InChI is InChI=1S/C25H26N2O7/c1-2-23(29)31-13-14-33-25(30)21-15-19(8-11-22(21)28)17-27-26-16-18-6-9-20(10-7-18)34-24-5-3-4-12-32-24/h2,6-11,15-17,24,28H,1,3-5,12-14H2. The highest BCUT2D eigenvalue weighted by Gasteiger charge is 2.15. The molecular formula is C25H26N2O7. The summed E-state index contributed by atoms with van der Waals surface area (Å²) in [5, 5.41) is 17.9. The van der Waals surface area contributed by atoms with Gasteiger partial charge in [0.05, 0.1) is 19.0 Å². The number of phenols is 1. The molecule has 1 N–H and O–H groups in total. The van der Waals surface area contributed by atoms with Crippen molar-refractivity contribution in [2.24, 2.45) is 10.2 Å². The minimum Gasteiger partial charge on any atom is -0.507 e. The summed E-state index contributed by atoms with van der Waals surface area (Å²) in [5.74, 6) is -0.882. The maximum atomic E-state index is 12.2. The lowest BCUT2D eigenvalue weighted by atomic mass is 10.1.